The fourth-order valence-corrected chi connectivity index (χ4v) is 1.53. The SMILES string of the molecule is NCC1=Cc2ccc(O)cc2C1. The van der Waals surface area contributed by atoms with Gasteiger partial charge in [0.25, 0.3) is 0 Å². The number of hydrogen-bond donors (Lipinski definition) is 2. The fourth-order valence-electron chi connectivity index (χ4n) is 1.53. The summed E-state index contributed by atoms with van der Waals surface area (Å²) < 4.78 is 0. The van der Waals surface area contributed by atoms with Crippen LogP contribution in [0.1, 0.15) is 11.1 Å². The van der Waals surface area contributed by atoms with Gasteiger partial charge in [-0.2, -0.15) is 0 Å². The molecule has 2 nitrogen and oxygen atoms in total. The number of fused-ring (bicyclic) bond motifs is 1. The Morgan fingerprint density at radius 2 is 2.25 bits per heavy atom. The second-order valence-electron chi connectivity index (χ2n) is 3.07. The molecule has 0 aromatic heterocycles. The van der Waals surface area contributed by atoms with Crippen molar-refractivity contribution in [3.05, 3.63) is 34.9 Å². The molecular weight excluding hydrogens is 150 g/mol. The van der Waals surface area contributed by atoms with Crippen molar-refractivity contribution in [1.29, 1.82) is 0 Å². The van der Waals surface area contributed by atoms with E-state index < -0.39 is 0 Å². The summed E-state index contributed by atoms with van der Waals surface area (Å²) >= 11 is 0. The van der Waals surface area contributed by atoms with E-state index in [1.807, 2.05) is 6.07 Å². The third kappa shape index (κ3) is 1.10. The quantitative estimate of drug-likeness (QED) is 0.652. The molecule has 1 aromatic carbocycles. The van der Waals surface area contributed by atoms with Crippen molar-refractivity contribution in [2.24, 2.45) is 5.73 Å². The summed E-state index contributed by atoms with van der Waals surface area (Å²) in [6, 6.07) is 5.43. The van der Waals surface area contributed by atoms with Crippen molar-refractivity contribution in [3.8, 4) is 5.75 Å². The Hall–Kier alpha value is -1.28. The summed E-state index contributed by atoms with van der Waals surface area (Å²) in [7, 11) is 0. The van der Waals surface area contributed by atoms with Gasteiger partial charge in [0, 0.05) is 6.54 Å². The number of aromatic hydroxyl groups is 1. The second kappa shape index (κ2) is 2.64. The first-order chi connectivity index (χ1) is 5.79. The predicted molar refractivity (Wildman–Crippen MR) is 48.8 cm³/mol. The molecule has 1 aromatic rings. The molecule has 0 radical (unpaired) electrons. The molecule has 2 heteroatoms. The van der Waals surface area contributed by atoms with Gasteiger partial charge in [0.05, 0.1) is 0 Å². The van der Waals surface area contributed by atoms with E-state index in [1.165, 1.54) is 16.7 Å². The highest BCUT2D eigenvalue weighted by Crippen LogP contribution is 2.27. The average Bonchev–Trinajstić information content (AvgIpc) is 2.46. The Morgan fingerprint density at radius 3 is 3.00 bits per heavy atom. The molecular formula is C10H11NO. The first kappa shape index (κ1) is 7.37. The van der Waals surface area contributed by atoms with Crippen LogP contribution in [0.25, 0.3) is 6.08 Å². The third-order valence-electron chi connectivity index (χ3n) is 2.17. The zero-order chi connectivity index (χ0) is 8.55. The molecule has 0 spiro atoms. The van der Waals surface area contributed by atoms with E-state index in [0.29, 0.717) is 12.3 Å². The molecule has 12 heavy (non-hydrogen) atoms. The van der Waals surface area contributed by atoms with Gasteiger partial charge < -0.3 is 10.8 Å². The van der Waals surface area contributed by atoms with Crippen LogP contribution >= 0.6 is 0 Å². The molecule has 0 amide bonds. The Labute approximate surface area is 71.3 Å². The highest BCUT2D eigenvalue weighted by Gasteiger charge is 2.11. The Bertz CT molecular complexity index is 342. The Morgan fingerprint density at radius 1 is 1.42 bits per heavy atom. The van der Waals surface area contributed by atoms with Crippen LogP contribution in [0.4, 0.5) is 0 Å². The van der Waals surface area contributed by atoms with E-state index in [4.69, 9.17) is 5.73 Å². The number of nitrogens with two attached hydrogens (primary N) is 1. The zero-order valence-electron chi connectivity index (χ0n) is 6.75. The van der Waals surface area contributed by atoms with E-state index in [-0.39, 0.29) is 0 Å². The summed E-state index contributed by atoms with van der Waals surface area (Å²) in [5.41, 5.74) is 9.12. The molecule has 0 saturated heterocycles. The smallest absolute Gasteiger partial charge is 0.115 e. The van der Waals surface area contributed by atoms with Gasteiger partial charge in [-0.3, -0.25) is 0 Å². The minimum Gasteiger partial charge on any atom is -0.508 e. The number of benzene rings is 1. The van der Waals surface area contributed by atoms with Gasteiger partial charge in [-0.05, 0) is 29.7 Å². The zero-order valence-corrected chi connectivity index (χ0v) is 6.75. The molecule has 1 aliphatic rings. The second-order valence-corrected chi connectivity index (χ2v) is 3.07. The van der Waals surface area contributed by atoms with E-state index >= 15 is 0 Å². The van der Waals surface area contributed by atoms with Crippen LogP contribution in [0.2, 0.25) is 0 Å². The van der Waals surface area contributed by atoms with Crippen LogP contribution in [-0.2, 0) is 6.42 Å². The molecule has 62 valence electrons. The van der Waals surface area contributed by atoms with Crippen LogP contribution in [0.15, 0.2) is 23.8 Å². The number of rotatable bonds is 1. The first-order valence-corrected chi connectivity index (χ1v) is 4.01. The average molecular weight is 161 g/mol. The number of phenols is 1. The monoisotopic (exact) mass is 161 g/mol. The van der Waals surface area contributed by atoms with Crippen LogP contribution in [-0.4, -0.2) is 11.7 Å². The van der Waals surface area contributed by atoms with E-state index in [2.05, 4.69) is 6.08 Å². The maximum atomic E-state index is 9.20. The molecule has 0 fully saturated rings. The van der Waals surface area contributed by atoms with Crippen molar-refractivity contribution >= 4 is 6.08 Å². The van der Waals surface area contributed by atoms with Gasteiger partial charge in [-0.1, -0.05) is 17.7 Å². The lowest BCUT2D eigenvalue weighted by Gasteiger charge is -1.98. The van der Waals surface area contributed by atoms with Crippen LogP contribution in [0.3, 0.4) is 0 Å². The van der Waals surface area contributed by atoms with Crippen LogP contribution in [0.5, 0.6) is 5.75 Å². The molecule has 0 unspecified atom stereocenters. The third-order valence-corrected chi connectivity index (χ3v) is 2.17. The van der Waals surface area contributed by atoms with E-state index in [9.17, 15) is 5.11 Å². The number of hydrogen-bond acceptors (Lipinski definition) is 2. The van der Waals surface area contributed by atoms with Crippen molar-refractivity contribution < 1.29 is 5.11 Å². The van der Waals surface area contributed by atoms with Crippen molar-refractivity contribution in [1.82, 2.24) is 0 Å². The highest BCUT2D eigenvalue weighted by atomic mass is 16.3. The standard InChI is InChI=1S/C10H11NO/c11-6-7-3-8-1-2-10(12)5-9(8)4-7/h1-3,5,12H,4,6,11H2. The van der Waals surface area contributed by atoms with Gasteiger partial charge in [0.15, 0.2) is 0 Å². The Kier molecular flexibility index (Phi) is 1.62. The first-order valence-electron chi connectivity index (χ1n) is 4.01. The summed E-state index contributed by atoms with van der Waals surface area (Å²) in [4.78, 5) is 0. The van der Waals surface area contributed by atoms with Gasteiger partial charge >= 0.3 is 0 Å². The van der Waals surface area contributed by atoms with Gasteiger partial charge in [-0.15, -0.1) is 0 Å². The minimum absolute atomic E-state index is 0.334. The molecule has 0 heterocycles. The normalized spacial score (nSPS) is 14.2. The molecule has 0 aliphatic heterocycles. The molecule has 0 bridgehead atoms. The fraction of sp³-hybridized carbons (Fsp3) is 0.200. The summed E-state index contributed by atoms with van der Waals surface area (Å²) in [5.74, 6) is 0.334. The van der Waals surface area contributed by atoms with Crippen molar-refractivity contribution in [2.45, 2.75) is 6.42 Å². The van der Waals surface area contributed by atoms with Crippen LogP contribution < -0.4 is 5.73 Å². The summed E-state index contributed by atoms with van der Waals surface area (Å²) in [5, 5.41) is 9.20. The maximum Gasteiger partial charge on any atom is 0.115 e. The van der Waals surface area contributed by atoms with Crippen molar-refractivity contribution in [2.75, 3.05) is 6.54 Å². The summed E-state index contributed by atoms with van der Waals surface area (Å²) in [6.07, 6.45) is 2.98. The minimum atomic E-state index is 0.334. The van der Waals surface area contributed by atoms with Gasteiger partial charge in [-0.25, -0.2) is 0 Å². The number of phenolic OH excluding ortho intramolecular Hbond substituents is 1. The summed E-state index contributed by atoms with van der Waals surface area (Å²) in [6.45, 7) is 0.607. The lowest BCUT2D eigenvalue weighted by Crippen LogP contribution is -2.02. The Balaban J connectivity index is 2.40. The largest absolute Gasteiger partial charge is 0.508 e. The molecule has 0 saturated carbocycles. The maximum absolute atomic E-state index is 9.20. The highest BCUT2D eigenvalue weighted by molar-refractivity contribution is 5.65. The van der Waals surface area contributed by atoms with Crippen molar-refractivity contribution in [3.63, 3.8) is 0 Å². The molecule has 2 rings (SSSR count). The van der Waals surface area contributed by atoms with Crippen LogP contribution in [0, 0.1) is 0 Å². The van der Waals surface area contributed by atoms with E-state index in [0.717, 1.165) is 6.42 Å². The lowest BCUT2D eigenvalue weighted by molar-refractivity contribution is 0.474. The molecule has 1 aliphatic carbocycles. The van der Waals surface area contributed by atoms with Gasteiger partial charge in [0.2, 0.25) is 0 Å². The molecule has 3 N–H and O–H groups in total. The van der Waals surface area contributed by atoms with E-state index in [1.54, 1.807) is 12.1 Å². The molecule has 0 atom stereocenters. The predicted octanol–water partition coefficient (Wildman–Crippen LogP) is 1.29. The lowest BCUT2D eigenvalue weighted by atomic mass is 10.1. The van der Waals surface area contributed by atoms with Gasteiger partial charge in [0.1, 0.15) is 5.75 Å². The topological polar surface area (TPSA) is 46.2 Å².